The first-order valence-electron chi connectivity index (χ1n) is 8.52. The minimum atomic E-state index is 0.0381. The molecule has 2 unspecified atom stereocenters. The number of nitrogens with two attached hydrogens (primary N) is 1. The van der Waals surface area contributed by atoms with Gasteiger partial charge in [-0.05, 0) is 49.8 Å². The van der Waals surface area contributed by atoms with Crippen molar-refractivity contribution in [3.8, 4) is 0 Å². The second-order valence-electron chi connectivity index (χ2n) is 6.83. The molecule has 1 heterocycles. The molecule has 1 saturated heterocycles. The molecule has 1 fully saturated rings. The first kappa shape index (κ1) is 17.7. The normalized spacial score (nSPS) is 21.3. The molecule has 0 bridgehead atoms. The van der Waals surface area contributed by atoms with Gasteiger partial charge in [0.2, 0.25) is 5.91 Å². The molecule has 1 aromatic rings. The van der Waals surface area contributed by atoms with Crippen LogP contribution in [0.2, 0.25) is 0 Å². The fourth-order valence-corrected chi connectivity index (χ4v) is 3.23. The molecule has 1 amide bonds. The monoisotopic (exact) mass is 316 g/mol. The summed E-state index contributed by atoms with van der Waals surface area (Å²) in [7, 11) is 0. The third kappa shape index (κ3) is 4.41. The summed E-state index contributed by atoms with van der Waals surface area (Å²) in [5.74, 6) is 0.713. The summed E-state index contributed by atoms with van der Waals surface area (Å²) in [5.41, 5.74) is 8.79. The Morgan fingerprint density at radius 3 is 2.61 bits per heavy atom. The first-order chi connectivity index (χ1) is 10.9. The van der Waals surface area contributed by atoms with Crippen LogP contribution in [0, 0.1) is 19.8 Å². The highest BCUT2D eigenvalue weighted by Gasteiger charge is 2.28. The van der Waals surface area contributed by atoms with Crippen LogP contribution in [-0.2, 0) is 4.79 Å². The molecular formula is C19H28N2O2. The molecule has 1 aromatic carbocycles. The molecule has 2 N–H and O–H groups in total. The Kier molecular flexibility index (Phi) is 5.94. The lowest BCUT2D eigenvalue weighted by molar-refractivity contribution is -0.135. The highest BCUT2D eigenvalue weighted by Crippen LogP contribution is 2.23. The SMILES string of the molecule is Cc1ccc(C(=O)CCC(=O)N2CCC(C)CC2CN)cc1C. The van der Waals surface area contributed by atoms with Gasteiger partial charge in [-0.1, -0.05) is 19.1 Å². The third-order valence-electron chi connectivity index (χ3n) is 4.97. The van der Waals surface area contributed by atoms with Gasteiger partial charge < -0.3 is 10.6 Å². The van der Waals surface area contributed by atoms with E-state index >= 15 is 0 Å². The Morgan fingerprint density at radius 1 is 1.22 bits per heavy atom. The molecule has 0 spiro atoms. The summed E-state index contributed by atoms with van der Waals surface area (Å²) in [4.78, 5) is 26.6. The van der Waals surface area contributed by atoms with E-state index in [-0.39, 0.29) is 30.6 Å². The van der Waals surface area contributed by atoms with Gasteiger partial charge in [-0.3, -0.25) is 9.59 Å². The molecular weight excluding hydrogens is 288 g/mol. The predicted octanol–water partition coefficient (Wildman–Crippen LogP) is 2.85. The van der Waals surface area contributed by atoms with E-state index in [1.807, 2.05) is 36.9 Å². The van der Waals surface area contributed by atoms with E-state index in [2.05, 4.69) is 6.92 Å². The number of piperidine rings is 1. The molecule has 0 saturated carbocycles. The number of Topliss-reactive ketones (excluding diaryl/α,β-unsaturated/α-hetero) is 1. The van der Waals surface area contributed by atoms with Gasteiger partial charge in [-0.15, -0.1) is 0 Å². The van der Waals surface area contributed by atoms with Crippen molar-refractivity contribution in [1.29, 1.82) is 0 Å². The predicted molar refractivity (Wildman–Crippen MR) is 92.4 cm³/mol. The number of carbonyl (C=O) groups is 2. The summed E-state index contributed by atoms with van der Waals surface area (Å²) in [5, 5.41) is 0. The lowest BCUT2D eigenvalue weighted by Gasteiger charge is -2.38. The molecule has 0 radical (unpaired) electrons. The van der Waals surface area contributed by atoms with Crippen LogP contribution in [0.4, 0.5) is 0 Å². The van der Waals surface area contributed by atoms with Crippen molar-refractivity contribution in [3.05, 3.63) is 34.9 Å². The average molecular weight is 316 g/mol. The molecule has 2 atom stereocenters. The largest absolute Gasteiger partial charge is 0.338 e. The van der Waals surface area contributed by atoms with Crippen LogP contribution < -0.4 is 5.73 Å². The van der Waals surface area contributed by atoms with Crippen LogP contribution >= 0.6 is 0 Å². The number of ketones is 1. The Labute approximate surface area is 139 Å². The van der Waals surface area contributed by atoms with Gasteiger partial charge in [0.05, 0.1) is 0 Å². The summed E-state index contributed by atoms with van der Waals surface area (Å²) in [6.45, 7) is 7.49. The standard InChI is InChI=1S/C19H28N2O2/c1-13-8-9-21(17(10-13)12-20)19(23)7-6-18(22)16-5-4-14(2)15(3)11-16/h4-5,11,13,17H,6-10,12,20H2,1-3H3. The Balaban J connectivity index is 1.92. The molecule has 0 aromatic heterocycles. The molecule has 1 aliphatic rings. The van der Waals surface area contributed by atoms with Crippen molar-refractivity contribution >= 4 is 11.7 Å². The number of benzene rings is 1. The van der Waals surface area contributed by atoms with Gasteiger partial charge in [-0.25, -0.2) is 0 Å². The lowest BCUT2D eigenvalue weighted by atomic mass is 9.92. The number of hydrogen-bond acceptors (Lipinski definition) is 3. The fourth-order valence-electron chi connectivity index (χ4n) is 3.23. The van der Waals surface area contributed by atoms with E-state index in [0.717, 1.165) is 24.9 Å². The zero-order valence-corrected chi connectivity index (χ0v) is 14.5. The van der Waals surface area contributed by atoms with Crippen molar-refractivity contribution in [2.75, 3.05) is 13.1 Å². The second-order valence-corrected chi connectivity index (χ2v) is 6.83. The summed E-state index contributed by atoms with van der Waals surface area (Å²) >= 11 is 0. The van der Waals surface area contributed by atoms with Gasteiger partial charge in [0.15, 0.2) is 5.78 Å². The smallest absolute Gasteiger partial charge is 0.223 e. The topological polar surface area (TPSA) is 63.4 Å². The molecule has 126 valence electrons. The van der Waals surface area contributed by atoms with Gasteiger partial charge in [0.1, 0.15) is 0 Å². The van der Waals surface area contributed by atoms with Gasteiger partial charge in [0, 0.05) is 37.5 Å². The molecule has 4 heteroatoms. The maximum Gasteiger partial charge on any atom is 0.223 e. The average Bonchev–Trinajstić information content (AvgIpc) is 2.54. The summed E-state index contributed by atoms with van der Waals surface area (Å²) in [6, 6.07) is 5.84. The lowest BCUT2D eigenvalue weighted by Crippen LogP contribution is -2.49. The number of hydrogen-bond donors (Lipinski definition) is 1. The number of amides is 1. The van der Waals surface area contributed by atoms with Crippen LogP contribution in [0.5, 0.6) is 0 Å². The molecule has 4 nitrogen and oxygen atoms in total. The Morgan fingerprint density at radius 2 is 1.96 bits per heavy atom. The number of likely N-dealkylation sites (tertiary alicyclic amines) is 1. The molecule has 23 heavy (non-hydrogen) atoms. The molecule has 1 aliphatic heterocycles. The van der Waals surface area contributed by atoms with E-state index in [1.165, 1.54) is 5.56 Å². The van der Waals surface area contributed by atoms with Crippen molar-refractivity contribution in [2.45, 2.75) is 52.5 Å². The van der Waals surface area contributed by atoms with Crippen LogP contribution in [0.15, 0.2) is 18.2 Å². The van der Waals surface area contributed by atoms with Crippen LogP contribution in [0.1, 0.15) is 54.1 Å². The summed E-state index contributed by atoms with van der Waals surface area (Å²) < 4.78 is 0. The minimum Gasteiger partial charge on any atom is -0.338 e. The first-order valence-corrected chi connectivity index (χ1v) is 8.52. The fraction of sp³-hybridized carbons (Fsp3) is 0.579. The van der Waals surface area contributed by atoms with Crippen molar-refractivity contribution < 1.29 is 9.59 Å². The van der Waals surface area contributed by atoms with Gasteiger partial charge in [-0.2, -0.15) is 0 Å². The second kappa shape index (κ2) is 7.73. The van der Waals surface area contributed by atoms with Crippen molar-refractivity contribution in [2.24, 2.45) is 11.7 Å². The van der Waals surface area contributed by atoms with Crippen LogP contribution in [0.3, 0.4) is 0 Å². The minimum absolute atomic E-state index is 0.0381. The zero-order chi connectivity index (χ0) is 17.0. The Bertz CT molecular complexity index is 583. The molecule has 0 aliphatic carbocycles. The van der Waals surface area contributed by atoms with Crippen LogP contribution in [-0.4, -0.2) is 35.7 Å². The van der Waals surface area contributed by atoms with E-state index in [4.69, 9.17) is 5.73 Å². The number of nitrogens with zero attached hydrogens (tertiary/aromatic N) is 1. The third-order valence-corrected chi connectivity index (χ3v) is 4.97. The van der Waals surface area contributed by atoms with E-state index < -0.39 is 0 Å². The van der Waals surface area contributed by atoms with E-state index in [1.54, 1.807) is 0 Å². The highest BCUT2D eigenvalue weighted by molar-refractivity contribution is 5.98. The van der Waals surface area contributed by atoms with Crippen LogP contribution in [0.25, 0.3) is 0 Å². The maximum absolute atomic E-state index is 12.4. The summed E-state index contributed by atoms with van der Waals surface area (Å²) in [6.07, 6.45) is 2.53. The van der Waals surface area contributed by atoms with E-state index in [0.29, 0.717) is 18.0 Å². The molecule has 2 rings (SSSR count). The number of carbonyl (C=O) groups excluding carboxylic acids is 2. The zero-order valence-electron chi connectivity index (χ0n) is 14.5. The number of aryl methyl sites for hydroxylation is 2. The Hall–Kier alpha value is -1.68. The number of rotatable bonds is 5. The van der Waals surface area contributed by atoms with Gasteiger partial charge in [0.25, 0.3) is 0 Å². The van der Waals surface area contributed by atoms with E-state index in [9.17, 15) is 9.59 Å². The van der Waals surface area contributed by atoms with Crippen molar-refractivity contribution in [1.82, 2.24) is 4.90 Å². The quantitative estimate of drug-likeness (QED) is 0.850. The maximum atomic E-state index is 12.4. The highest BCUT2D eigenvalue weighted by atomic mass is 16.2. The van der Waals surface area contributed by atoms with Crippen molar-refractivity contribution in [3.63, 3.8) is 0 Å². The van der Waals surface area contributed by atoms with Gasteiger partial charge >= 0.3 is 0 Å².